The number of rotatable bonds is 5. The van der Waals surface area contributed by atoms with Gasteiger partial charge in [-0.2, -0.15) is 0 Å². The minimum Gasteiger partial charge on any atom is -0.493 e. The van der Waals surface area contributed by atoms with E-state index < -0.39 is 0 Å². The van der Waals surface area contributed by atoms with Crippen LogP contribution in [0.3, 0.4) is 0 Å². The van der Waals surface area contributed by atoms with E-state index in [1.54, 1.807) is 32.4 Å². The monoisotopic (exact) mass is 334 g/mol. The van der Waals surface area contributed by atoms with Gasteiger partial charge in [0.15, 0.2) is 16.6 Å². The summed E-state index contributed by atoms with van der Waals surface area (Å²) in [7, 11) is 3.14. The topological polar surface area (TPSA) is 59.6 Å². The molecule has 0 aliphatic heterocycles. The van der Waals surface area contributed by atoms with Crippen molar-refractivity contribution in [3.05, 3.63) is 30.4 Å². The van der Waals surface area contributed by atoms with Gasteiger partial charge in [-0.05, 0) is 43.6 Å². The Morgan fingerprint density at radius 1 is 1.30 bits per heavy atom. The molecule has 1 aromatic carbocycles. The third-order valence-corrected chi connectivity index (χ3v) is 4.41. The summed E-state index contributed by atoms with van der Waals surface area (Å²) in [6.45, 7) is 5.92. The van der Waals surface area contributed by atoms with Crippen LogP contribution in [0.25, 0.3) is 0 Å². The Kier molecular flexibility index (Phi) is 5.26. The second-order valence-corrected chi connectivity index (χ2v) is 6.12. The van der Waals surface area contributed by atoms with Crippen LogP contribution in [-0.2, 0) is 4.79 Å². The number of benzene rings is 1. The molecule has 0 bridgehead atoms. The summed E-state index contributed by atoms with van der Waals surface area (Å²) >= 11 is 5.23. The van der Waals surface area contributed by atoms with E-state index >= 15 is 0 Å². The highest BCUT2D eigenvalue weighted by Gasteiger charge is 2.44. The van der Waals surface area contributed by atoms with Gasteiger partial charge in [-0.25, -0.2) is 0 Å². The van der Waals surface area contributed by atoms with Crippen molar-refractivity contribution in [2.75, 3.05) is 19.5 Å². The quantitative estimate of drug-likeness (QED) is 0.639. The van der Waals surface area contributed by atoms with Crippen LogP contribution < -0.4 is 20.1 Å². The van der Waals surface area contributed by atoms with Crippen LogP contribution in [0, 0.1) is 5.41 Å². The van der Waals surface area contributed by atoms with Crippen molar-refractivity contribution in [1.29, 1.82) is 0 Å². The number of allylic oxidation sites excluding steroid dienone is 1. The second kappa shape index (κ2) is 7.00. The maximum absolute atomic E-state index is 12.4. The van der Waals surface area contributed by atoms with E-state index in [2.05, 4.69) is 17.2 Å². The van der Waals surface area contributed by atoms with E-state index in [9.17, 15) is 4.79 Å². The Balaban J connectivity index is 1.99. The molecule has 0 aromatic heterocycles. The lowest BCUT2D eigenvalue weighted by atomic mass is 9.64. The predicted molar refractivity (Wildman–Crippen MR) is 95.0 cm³/mol. The standard InChI is InChI=1S/C17H22N2O3S/c1-5-17(9-11(2)10-17)15(20)19-16(23)18-12-6-7-13(21-3)14(8-12)22-4/h6-8H,2,5,9-10H2,1,3-4H3,(H2,18,19,20,23). The van der Waals surface area contributed by atoms with Crippen molar-refractivity contribution < 1.29 is 14.3 Å². The van der Waals surface area contributed by atoms with Gasteiger partial charge in [-0.3, -0.25) is 4.79 Å². The number of anilines is 1. The smallest absolute Gasteiger partial charge is 0.232 e. The maximum atomic E-state index is 12.4. The van der Waals surface area contributed by atoms with E-state index in [4.69, 9.17) is 21.7 Å². The van der Waals surface area contributed by atoms with Gasteiger partial charge in [-0.1, -0.05) is 19.1 Å². The fraction of sp³-hybridized carbons (Fsp3) is 0.412. The zero-order valence-electron chi connectivity index (χ0n) is 13.7. The summed E-state index contributed by atoms with van der Waals surface area (Å²) in [5.74, 6) is 1.17. The number of amides is 1. The number of hydrogen-bond donors (Lipinski definition) is 2. The maximum Gasteiger partial charge on any atom is 0.232 e. The largest absolute Gasteiger partial charge is 0.493 e. The van der Waals surface area contributed by atoms with E-state index in [1.165, 1.54) is 0 Å². The molecular formula is C17H22N2O3S. The Morgan fingerprint density at radius 2 is 1.96 bits per heavy atom. The van der Waals surface area contributed by atoms with Crippen LogP contribution in [0.4, 0.5) is 5.69 Å². The average molecular weight is 334 g/mol. The first-order valence-corrected chi connectivity index (χ1v) is 7.86. The molecule has 2 rings (SSSR count). The van der Waals surface area contributed by atoms with Crippen molar-refractivity contribution in [1.82, 2.24) is 5.32 Å². The Morgan fingerprint density at radius 3 is 2.48 bits per heavy atom. The lowest BCUT2D eigenvalue weighted by molar-refractivity contribution is -0.132. The molecule has 1 aromatic rings. The summed E-state index contributed by atoms with van der Waals surface area (Å²) in [6, 6.07) is 5.34. The molecule has 1 aliphatic rings. The highest BCUT2D eigenvalue weighted by Crippen LogP contribution is 2.47. The van der Waals surface area contributed by atoms with Gasteiger partial charge >= 0.3 is 0 Å². The molecule has 23 heavy (non-hydrogen) atoms. The van der Waals surface area contributed by atoms with Gasteiger partial charge in [0, 0.05) is 11.8 Å². The molecule has 2 N–H and O–H groups in total. The molecule has 0 saturated heterocycles. The number of methoxy groups -OCH3 is 2. The third-order valence-electron chi connectivity index (χ3n) is 4.20. The van der Waals surface area contributed by atoms with Crippen molar-refractivity contribution in [3.63, 3.8) is 0 Å². The van der Waals surface area contributed by atoms with Crippen molar-refractivity contribution in [2.45, 2.75) is 26.2 Å². The number of hydrogen-bond acceptors (Lipinski definition) is 4. The van der Waals surface area contributed by atoms with Crippen LogP contribution in [-0.4, -0.2) is 25.2 Å². The van der Waals surface area contributed by atoms with E-state index in [1.807, 2.05) is 6.92 Å². The van der Waals surface area contributed by atoms with E-state index in [0.29, 0.717) is 11.5 Å². The molecule has 1 fully saturated rings. The molecule has 6 heteroatoms. The van der Waals surface area contributed by atoms with Gasteiger partial charge in [-0.15, -0.1) is 0 Å². The van der Waals surface area contributed by atoms with Crippen molar-refractivity contribution >= 4 is 28.9 Å². The van der Waals surface area contributed by atoms with Crippen LogP contribution >= 0.6 is 12.2 Å². The highest BCUT2D eigenvalue weighted by atomic mass is 32.1. The minimum absolute atomic E-state index is 0.0506. The predicted octanol–water partition coefficient (Wildman–Crippen LogP) is 3.26. The molecule has 0 radical (unpaired) electrons. The highest BCUT2D eigenvalue weighted by molar-refractivity contribution is 7.80. The van der Waals surface area contributed by atoms with E-state index in [-0.39, 0.29) is 16.4 Å². The van der Waals surface area contributed by atoms with Crippen molar-refractivity contribution in [3.8, 4) is 11.5 Å². The number of carbonyl (C=O) groups is 1. The molecule has 0 heterocycles. The molecule has 1 aliphatic carbocycles. The van der Waals surface area contributed by atoms with Gasteiger partial charge in [0.05, 0.1) is 19.6 Å². The SMILES string of the molecule is C=C1CC(CC)(C(=O)NC(=S)Nc2ccc(OC)c(OC)c2)C1. The molecule has 0 atom stereocenters. The van der Waals surface area contributed by atoms with Crippen molar-refractivity contribution in [2.24, 2.45) is 5.41 Å². The Labute approximate surface area is 142 Å². The Hall–Kier alpha value is -2.08. The number of thiocarbonyl (C=S) groups is 1. The van der Waals surface area contributed by atoms with Crippen LogP contribution in [0.1, 0.15) is 26.2 Å². The number of ether oxygens (including phenoxy) is 2. The summed E-state index contributed by atoms with van der Waals surface area (Å²) in [5, 5.41) is 6.04. The van der Waals surface area contributed by atoms with Gasteiger partial charge < -0.3 is 20.1 Å². The molecule has 0 spiro atoms. The zero-order chi connectivity index (χ0) is 17.0. The minimum atomic E-state index is -0.361. The first-order valence-electron chi connectivity index (χ1n) is 7.45. The van der Waals surface area contributed by atoms with Gasteiger partial charge in [0.2, 0.25) is 5.91 Å². The summed E-state index contributed by atoms with van der Waals surface area (Å²) < 4.78 is 10.4. The summed E-state index contributed by atoms with van der Waals surface area (Å²) in [6.07, 6.45) is 2.24. The lowest BCUT2D eigenvalue weighted by Crippen LogP contribution is -2.49. The molecule has 1 amide bonds. The zero-order valence-corrected chi connectivity index (χ0v) is 14.5. The second-order valence-electron chi connectivity index (χ2n) is 5.72. The third kappa shape index (κ3) is 3.64. The fourth-order valence-corrected chi connectivity index (χ4v) is 3.00. The molecular weight excluding hydrogens is 312 g/mol. The Bertz CT molecular complexity index is 635. The van der Waals surface area contributed by atoms with Crippen LogP contribution in [0.15, 0.2) is 30.4 Å². The van der Waals surface area contributed by atoms with Crippen LogP contribution in [0.2, 0.25) is 0 Å². The van der Waals surface area contributed by atoms with E-state index in [0.717, 1.165) is 30.5 Å². The average Bonchev–Trinajstić information content (AvgIpc) is 2.51. The molecule has 124 valence electrons. The first-order chi connectivity index (χ1) is 10.9. The number of nitrogens with one attached hydrogen (secondary N) is 2. The van der Waals surface area contributed by atoms with Crippen LogP contribution in [0.5, 0.6) is 11.5 Å². The molecule has 0 unspecified atom stereocenters. The number of carbonyl (C=O) groups excluding carboxylic acids is 1. The summed E-state index contributed by atoms with van der Waals surface area (Å²) in [5.41, 5.74) is 1.47. The normalized spacial score (nSPS) is 15.3. The van der Waals surface area contributed by atoms with Gasteiger partial charge in [0.25, 0.3) is 0 Å². The fourth-order valence-electron chi connectivity index (χ4n) is 2.79. The summed E-state index contributed by atoms with van der Waals surface area (Å²) in [4.78, 5) is 12.4. The lowest BCUT2D eigenvalue weighted by Gasteiger charge is -2.41. The molecule has 5 nitrogen and oxygen atoms in total. The van der Waals surface area contributed by atoms with Gasteiger partial charge in [0.1, 0.15) is 0 Å². The first kappa shape index (κ1) is 17.3. The molecule has 1 saturated carbocycles.